The Bertz CT molecular complexity index is 798. The lowest BCUT2D eigenvalue weighted by atomic mass is 9.98. The van der Waals surface area contributed by atoms with E-state index in [1.807, 2.05) is 0 Å². The van der Waals surface area contributed by atoms with Gasteiger partial charge in [-0.2, -0.15) is 0 Å². The second kappa shape index (κ2) is 16.0. The highest BCUT2D eigenvalue weighted by molar-refractivity contribution is 5.73. The highest BCUT2D eigenvalue weighted by atomic mass is 16.7. The monoisotopic (exact) mass is 649 g/mol. The van der Waals surface area contributed by atoms with E-state index in [0.29, 0.717) is 0 Å². The number of carbonyl (C=O) groups excluding carboxylic acids is 1. The van der Waals surface area contributed by atoms with Crippen LogP contribution >= 0.6 is 0 Å². The van der Waals surface area contributed by atoms with Gasteiger partial charge in [-0.1, -0.05) is 0 Å². The fourth-order valence-electron chi connectivity index (χ4n) is 4.95. The molecule has 44 heavy (non-hydrogen) atoms. The topological polar surface area (TPSA) is 327 Å². The SMILES string of the molecule is CC(=O)NC(COC1OC(CO)C(O)C(O)C1O)(COC1OC(CO)C(O)C(O)C1O)COC1OC(CO)C(O)C(O)C1O. The van der Waals surface area contributed by atoms with Crippen LogP contribution in [0.1, 0.15) is 6.92 Å². The molecule has 15 unspecified atom stereocenters. The molecular weight excluding hydrogens is 606 g/mol. The molecule has 0 aliphatic carbocycles. The van der Waals surface area contributed by atoms with Crippen LogP contribution in [-0.2, 0) is 33.2 Å². The van der Waals surface area contributed by atoms with Crippen LogP contribution in [0.25, 0.3) is 0 Å². The number of aliphatic hydroxyl groups excluding tert-OH is 12. The first-order valence-electron chi connectivity index (χ1n) is 13.7. The fraction of sp³-hybridized carbons (Fsp3) is 0.958. The Hall–Kier alpha value is -1.25. The average molecular weight is 650 g/mol. The molecule has 13 N–H and O–H groups in total. The van der Waals surface area contributed by atoms with E-state index in [9.17, 15) is 66.1 Å². The summed E-state index contributed by atoms with van der Waals surface area (Å²) in [5.41, 5.74) is -1.91. The van der Waals surface area contributed by atoms with Crippen LogP contribution in [0, 0.1) is 0 Å². The minimum atomic E-state index is -1.91. The number of amides is 1. The Morgan fingerprint density at radius 3 is 1.05 bits per heavy atom. The quantitative estimate of drug-likeness (QED) is 0.0880. The number of hydrogen-bond acceptors (Lipinski definition) is 19. The van der Waals surface area contributed by atoms with Crippen molar-refractivity contribution in [2.45, 2.75) is 105 Å². The van der Waals surface area contributed by atoms with Gasteiger partial charge < -0.3 is 95.0 Å². The molecule has 3 aliphatic heterocycles. The smallest absolute Gasteiger partial charge is 0.217 e. The van der Waals surface area contributed by atoms with Gasteiger partial charge in [0.15, 0.2) is 18.9 Å². The van der Waals surface area contributed by atoms with Crippen LogP contribution in [0.4, 0.5) is 0 Å². The lowest BCUT2D eigenvalue weighted by Gasteiger charge is -2.44. The van der Waals surface area contributed by atoms with Gasteiger partial charge in [0.2, 0.25) is 5.91 Å². The zero-order valence-electron chi connectivity index (χ0n) is 23.6. The predicted molar refractivity (Wildman–Crippen MR) is 136 cm³/mol. The van der Waals surface area contributed by atoms with Gasteiger partial charge in [0.1, 0.15) is 78.8 Å². The van der Waals surface area contributed by atoms with E-state index >= 15 is 0 Å². The zero-order chi connectivity index (χ0) is 32.9. The third-order valence-corrected chi connectivity index (χ3v) is 7.56. The molecule has 1 amide bonds. The number of hydrogen-bond donors (Lipinski definition) is 13. The summed E-state index contributed by atoms with van der Waals surface area (Å²) in [6, 6.07) is 0. The molecule has 0 aromatic carbocycles. The lowest BCUT2D eigenvalue weighted by molar-refractivity contribution is -0.324. The molecule has 15 atom stereocenters. The highest BCUT2D eigenvalue weighted by Gasteiger charge is 2.49. The van der Waals surface area contributed by atoms with Gasteiger partial charge in [-0.3, -0.25) is 4.79 Å². The Labute approximate surface area is 250 Å². The molecule has 0 bridgehead atoms. The highest BCUT2D eigenvalue weighted by Crippen LogP contribution is 2.27. The number of ether oxygens (including phenoxy) is 6. The Morgan fingerprint density at radius 2 is 0.818 bits per heavy atom. The first kappa shape index (κ1) is 37.2. The summed E-state index contributed by atoms with van der Waals surface area (Å²) < 4.78 is 32.8. The molecule has 0 radical (unpaired) electrons. The molecule has 0 spiro atoms. The van der Waals surface area contributed by atoms with E-state index in [1.165, 1.54) is 0 Å². The van der Waals surface area contributed by atoms with E-state index in [0.717, 1.165) is 6.92 Å². The van der Waals surface area contributed by atoms with Crippen molar-refractivity contribution in [1.82, 2.24) is 5.32 Å². The van der Waals surface area contributed by atoms with Crippen molar-refractivity contribution < 1.29 is 94.5 Å². The van der Waals surface area contributed by atoms with Crippen LogP contribution < -0.4 is 5.32 Å². The van der Waals surface area contributed by atoms with Crippen LogP contribution in [0.15, 0.2) is 0 Å². The first-order valence-corrected chi connectivity index (χ1v) is 13.7. The summed E-state index contributed by atoms with van der Waals surface area (Å²) in [4.78, 5) is 12.3. The maximum atomic E-state index is 12.3. The Morgan fingerprint density at radius 1 is 0.545 bits per heavy atom. The van der Waals surface area contributed by atoms with Gasteiger partial charge in [-0.15, -0.1) is 0 Å². The van der Waals surface area contributed by atoms with Crippen molar-refractivity contribution in [3.63, 3.8) is 0 Å². The molecule has 0 aromatic rings. The second-order valence-corrected chi connectivity index (χ2v) is 11.0. The summed E-state index contributed by atoms with van der Waals surface area (Å²) in [5.74, 6) is -0.739. The standard InChI is InChI=1S/C24H43NO19/c1-8(29)25-24(5-39-21-18(36)15(33)12(30)9(2-26)42-21,6-40-22-19(37)16(34)13(31)10(3-27)43-22)7-41-23-20(38)17(35)14(32)11(4-28)44-23/h9-23,26-28,30-38H,2-7H2,1H3,(H,25,29). The largest absolute Gasteiger partial charge is 0.394 e. The van der Waals surface area contributed by atoms with Crippen LogP contribution in [-0.4, -0.2) is 204 Å². The van der Waals surface area contributed by atoms with Gasteiger partial charge >= 0.3 is 0 Å². The summed E-state index contributed by atoms with van der Waals surface area (Å²) in [6.07, 6.45) is -25.4. The minimum absolute atomic E-state index is 0.732. The van der Waals surface area contributed by atoms with Gasteiger partial charge in [-0.25, -0.2) is 0 Å². The number of rotatable bonds is 13. The van der Waals surface area contributed by atoms with E-state index in [2.05, 4.69) is 5.32 Å². The molecule has 3 fully saturated rings. The van der Waals surface area contributed by atoms with E-state index in [4.69, 9.17) is 28.4 Å². The summed E-state index contributed by atoms with van der Waals surface area (Å²) >= 11 is 0. The average Bonchev–Trinajstić information content (AvgIpc) is 3.00. The van der Waals surface area contributed by atoms with Gasteiger partial charge in [0.25, 0.3) is 0 Å². The summed E-state index contributed by atoms with van der Waals surface area (Å²) in [7, 11) is 0. The van der Waals surface area contributed by atoms with Crippen molar-refractivity contribution in [1.29, 1.82) is 0 Å². The summed E-state index contributed by atoms with van der Waals surface area (Å²) in [6.45, 7) is -3.45. The second-order valence-electron chi connectivity index (χ2n) is 11.0. The number of carbonyl (C=O) groups is 1. The normalized spacial score (nSPS) is 44.6. The molecule has 20 nitrogen and oxygen atoms in total. The van der Waals surface area contributed by atoms with Gasteiger partial charge in [0.05, 0.1) is 39.6 Å². The third kappa shape index (κ3) is 8.36. The van der Waals surface area contributed by atoms with E-state index in [1.54, 1.807) is 0 Å². The maximum Gasteiger partial charge on any atom is 0.217 e. The molecule has 3 saturated heterocycles. The molecule has 258 valence electrons. The number of aliphatic hydroxyl groups is 12. The molecule has 3 heterocycles. The Kier molecular flexibility index (Phi) is 13.6. The van der Waals surface area contributed by atoms with Crippen molar-refractivity contribution >= 4 is 5.91 Å². The van der Waals surface area contributed by atoms with Crippen LogP contribution in [0.2, 0.25) is 0 Å². The van der Waals surface area contributed by atoms with Crippen LogP contribution in [0.5, 0.6) is 0 Å². The Balaban J connectivity index is 1.86. The van der Waals surface area contributed by atoms with E-state index < -0.39 is 143 Å². The fourth-order valence-corrected chi connectivity index (χ4v) is 4.95. The molecular formula is C24H43NO19. The van der Waals surface area contributed by atoms with Crippen LogP contribution in [0.3, 0.4) is 0 Å². The van der Waals surface area contributed by atoms with Gasteiger partial charge in [0, 0.05) is 6.92 Å². The van der Waals surface area contributed by atoms with Gasteiger partial charge in [-0.05, 0) is 0 Å². The lowest BCUT2D eigenvalue weighted by Crippen LogP contribution is -2.65. The van der Waals surface area contributed by atoms with Crippen molar-refractivity contribution in [3.05, 3.63) is 0 Å². The maximum absolute atomic E-state index is 12.3. The first-order chi connectivity index (χ1) is 20.7. The third-order valence-electron chi connectivity index (χ3n) is 7.56. The molecule has 20 heteroatoms. The summed E-state index contributed by atoms with van der Waals surface area (Å²) in [5, 5.41) is 123. The van der Waals surface area contributed by atoms with Crippen molar-refractivity contribution in [2.24, 2.45) is 0 Å². The van der Waals surface area contributed by atoms with Crippen molar-refractivity contribution in [3.8, 4) is 0 Å². The molecule has 0 saturated carbocycles. The molecule has 3 aliphatic rings. The zero-order valence-corrected chi connectivity index (χ0v) is 23.6. The van der Waals surface area contributed by atoms with Crippen molar-refractivity contribution in [2.75, 3.05) is 39.6 Å². The minimum Gasteiger partial charge on any atom is -0.394 e. The number of nitrogens with one attached hydrogen (secondary N) is 1. The van der Waals surface area contributed by atoms with E-state index in [-0.39, 0.29) is 0 Å². The molecule has 3 rings (SSSR count). The molecule has 0 aromatic heterocycles. The predicted octanol–water partition coefficient (Wildman–Crippen LogP) is -8.69.